The van der Waals surface area contributed by atoms with Gasteiger partial charge >= 0.3 is 5.97 Å². The second kappa shape index (κ2) is 9.30. The van der Waals surface area contributed by atoms with Crippen molar-refractivity contribution in [1.29, 1.82) is 0 Å². The second-order valence-corrected chi connectivity index (χ2v) is 13.6. The Kier molecular flexibility index (Phi) is 7.43. The minimum absolute atomic E-state index is 0.0314. The van der Waals surface area contributed by atoms with Gasteiger partial charge in [0, 0.05) is 17.3 Å². The lowest BCUT2D eigenvalue weighted by Crippen LogP contribution is -2.52. The predicted molar refractivity (Wildman–Crippen MR) is 135 cm³/mol. The Bertz CT molecular complexity index is 749. The molecule has 0 heterocycles. The predicted octanol–water partition coefficient (Wildman–Crippen LogP) is 8.52. The lowest BCUT2D eigenvalue weighted by molar-refractivity contribution is -0.180. The first-order chi connectivity index (χ1) is 14.7. The normalized spacial score (nSPS) is 36.3. The molecule has 182 valence electrons. The number of ether oxygens (including phenoxy) is 1. The summed E-state index contributed by atoms with van der Waals surface area (Å²) in [6.45, 7) is 20.9. The van der Waals surface area contributed by atoms with E-state index in [1.165, 1.54) is 24.0 Å². The minimum atomic E-state index is 0.0314. The molecule has 0 N–H and O–H groups in total. The molecule has 2 heteroatoms. The van der Waals surface area contributed by atoms with E-state index >= 15 is 0 Å². The molecule has 6 atom stereocenters. The molecular weight excluding hydrogens is 392 g/mol. The Labute approximate surface area is 198 Å². The van der Waals surface area contributed by atoms with Gasteiger partial charge in [-0.05, 0) is 81.5 Å². The van der Waals surface area contributed by atoms with Gasteiger partial charge in [0.1, 0.15) is 6.10 Å². The first kappa shape index (κ1) is 25.6. The lowest BCUT2D eigenvalue weighted by atomic mass is 9.56. The standard InChI is InChI=1S/C30H50O2/c1-20-12-10-14-30(19-20)15-11-13-29(8,9)27(30)32-25(31)18-24(28(5,6)7)26-22(3)16-21(2)17-23(26)4/h12,16,22-24,26-27H,10-11,13-15,17-19H2,1-9H3. The van der Waals surface area contributed by atoms with E-state index in [4.69, 9.17) is 4.74 Å². The largest absolute Gasteiger partial charge is 0.461 e. The van der Waals surface area contributed by atoms with Crippen LogP contribution < -0.4 is 0 Å². The number of hydrogen-bond donors (Lipinski definition) is 0. The molecule has 0 aromatic heterocycles. The van der Waals surface area contributed by atoms with E-state index in [0.717, 1.165) is 32.1 Å². The first-order valence-electron chi connectivity index (χ1n) is 13.3. The fourth-order valence-electron chi connectivity index (χ4n) is 7.96. The van der Waals surface area contributed by atoms with Gasteiger partial charge in [-0.25, -0.2) is 0 Å². The number of carbonyl (C=O) groups is 1. The van der Waals surface area contributed by atoms with Crippen LogP contribution in [0.5, 0.6) is 0 Å². The van der Waals surface area contributed by atoms with Crippen molar-refractivity contribution in [2.45, 2.75) is 120 Å². The van der Waals surface area contributed by atoms with E-state index < -0.39 is 0 Å². The summed E-state index contributed by atoms with van der Waals surface area (Å²) in [7, 11) is 0. The van der Waals surface area contributed by atoms with Crippen LogP contribution in [0.2, 0.25) is 0 Å². The summed E-state index contributed by atoms with van der Waals surface area (Å²) in [5, 5.41) is 0. The van der Waals surface area contributed by atoms with Crippen LogP contribution in [0, 0.1) is 39.9 Å². The van der Waals surface area contributed by atoms with Crippen molar-refractivity contribution in [2.75, 3.05) is 0 Å². The molecule has 0 aromatic carbocycles. The fourth-order valence-corrected chi connectivity index (χ4v) is 7.96. The molecular formula is C30H50O2. The highest BCUT2D eigenvalue weighted by molar-refractivity contribution is 5.70. The third-order valence-electron chi connectivity index (χ3n) is 9.20. The van der Waals surface area contributed by atoms with Crippen LogP contribution in [0.1, 0.15) is 114 Å². The Hall–Kier alpha value is -1.05. The van der Waals surface area contributed by atoms with E-state index in [9.17, 15) is 4.79 Å². The molecule has 32 heavy (non-hydrogen) atoms. The Morgan fingerprint density at radius 3 is 2.41 bits per heavy atom. The van der Waals surface area contributed by atoms with Crippen molar-refractivity contribution in [3.05, 3.63) is 23.3 Å². The van der Waals surface area contributed by atoms with Gasteiger partial charge in [0.25, 0.3) is 0 Å². The zero-order valence-corrected chi connectivity index (χ0v) is 22.5. The van der Waals surface area contributed by atoms with Crippen molar-refractivity contribution in [1.82, 2.24) is 0 Å². The quantitative estimate of drug-likeness (QED) is 0.322. The van der Waals surface area contributed by atoms with Crippen molar-refractivity contribution in [2.24, 2.45) is 39.9 Å². The van der Waals surface area contributed by atoms with Gasteiger partial charge in [-0.1, -0.05) is 78.2 Å². The van der Waals surface area contributed by atoms with E-state index in [0.29, 0.717) is 30.1 Å². The van der Waals surface area contributed by atoms with Crippen LogP contribution in [0.25, 0.3) is 0 Å². The summed E-state index contributed by atoms with van der Waals surface area (Å²) in [6, 6.07) is 0. The molecule has 0 aliphatic heterocycles. The highest BCUT2D eigenvalue weighted by Gasteiger charge is 2.52. The number of rotatable bonds is 4. The van der Waals surface area contributed by atoms with Crippen LogP contribution in [0.4, 0.5) is 0 Å². The molecule has 3 aliphatic carbocycles. The molecule has 0 radical (unpaired) electrons. The highest BCUT2D eigenvalue weighted by atomic mass is 16.5. The van der Waals surface area contributed by atoms with Crippen LogP contribution in [0.15, 0.2) is 23.3 Å². The van der Waals surface area contributed by atoms with Gasteiger partial charge in [0.05, 0.1) is 0 Å². The van der Waals surface area contributed by atoms with Gasteiger partial charge in [0.15, 0.2) is 0 Å². The summed E-state index contributed by atoms with van der Waals surface area (Å²) in [5.74, 6) is 2.02. The number of hydrogen-bond acceptors (Lipinski definition) is 2. The topological polar surface area (TPSA) is 26.3 Å². The summed E-state index contributed by atoms with van der Waals surface area (Å²) in [5.41, 5.74) is 3.25. The summed E-state index contributed by atoms with van der Waals surface area (Å²) >= 11 is 0. The zero-order valence-electron chi connectivity index (χ0n) is 22.5. The third kappa shape index (κ3) is 5.36. The molecule has 3 aliphatic rings. The molecule has 2 nitrogen and oxygen atoms in total. The number of carbonyl (C=O) groups excluding carboxylic acids is 1. The molecule has 1 fully saturated rings. The SMILES string of the molecule is CC1=CC(C)C(C(CC(=O)OC2C(C)(C)CCCC23CCC=C(C)C3)C(C)(C)C)C(C)C1. The van der Waals surface area contributed by atoms with Gasteiger partial charge in [-0.15, -0.1) is 0 Å². The average Bonchev–Trinajstić information content (AvgIpc) is 2.62. The number of esters is 1. The van der Waals surface area contributed by atoms with Gasteiger partial charge < -0.3 is 4.74 Å². The zero-order chi connectivity index (χ0) is 23.9. The van der Waals surface area contributed by atoms with Crippen molar-refractivity contribution in [3.8, 4) is 0 Å². The molecule has 0 amide bonds. The van der Waals surface area contributed by atoms with Gasteiger partial charge in [-0.2, -0.15) is 0 Å². The van der Waals surface area contributed by atoms with Crippen LogP contribution in [0.3, 0.4) is 0 Å². The first-order valence-corrected chi connectivity index (χ1v) is 13.3. The van der Waals surface area contributed by atoms with E-state index in [2.05, 4.69) is 74.5 Å². The average molecular weight is 443 g/mol. The maximum Gasteiger partial charge on any atom is 0.306 e. The second-order valence-electron chi connectivity index (χ2n) is 13.6. The summed E-state index contributed by atoms with van der Waals surface area (Å²) in [6.07, 6.45) is 13.6. The molecule has 0 saturated heterocycles. The van der Waals surface area contributed by atoms with Gasteiger partial charge in [-0.3, -0.25) is 4.79 Å². The van der Waals surface area contributed by atoms with Crippen LogP contribution >= 0.6 is 0 Å². The maximum atomic E-state index is 13.6. The molecule has 6 unspecified atom stereocenters. The molecule has 3 rings (SSSR count). The van der Waals surface area contributed by atoms with E-state index in [1.54, 1.807) is 0 Å². The van der Waals surface area contributed by atoms with E-state index in [-0.39, 0.29) is 28.3 Å². The van der Waals surface area contributed by atoms with Crippen molar-refractivity contribution in [3.63, 3.8) is 0 Å². The van der Waals surface area contributed by atoms with Crippen molar-refractivity contribution >= 4 is 5.97 Å². The number of allylic oxidation sites excluding steroid dienone is 4. The van der Waals surface area contributed by atoms with Crippen LogP contribution in [-0.2, 0) is 9.53 Å². The summed E-state index contributed by atoms with van der Waals surface area (Å²) < 4.78 is 6.57. The van der Waals surface area contributed by atoms with E-state index in [1.807, 2.05) is 0 Å². The van der Waals surface area contributed by atoms with Crippen LogP contribution in [-0.4, -0.2) is 12.1 Å². The maximum absolute atomic E-state index is 13.6. The molecule has 1 saturated carbocycles. The third-order valence-corrected chi connectivity index (χ3v) is 9.20. The smallest absolute Gasteiger partial charge is 0.306 e. The lowest BCUT2D eigenvalue weighted by Gasteiger charge is -2.53. The Morgan fingerprint density at radius 1 is 1.12 bits per heavy atom. The fraction of sp³-hybridized carbons (Fsp3) is 0.833. The van der Waals surface area contributed by atoms with Gasteiger partial charge in [0.2, 0.25) is 0 Å². The van der Waals surface area contributed by atoms with Crippen molar-refractivity contribution < 1.29 is 9.53 Å². The monoisotopic (exact) mass is 442 g/mol. The molecule has 0 aromatic rings. The molecule has 1 spiro atoms. The summed E-state index contributed by atoms with van der Waals surface area (Å²) in [4.78, 5) is 13.6. The Balaban J connectivity index is 1.82. The molecule has 0 bridgehead atoms. The highest BCUT2D eigenvalue weighted by Crippen LogP contribution is 2.55. The minimum Gasteiger partial charge on any atom is -0.461 e. The Morgan fingerprint density at radius 2 is 1.81 bits per heavy atom.